The predicted octanol–water partition coefficient (Wildman–Crippen LogP) is 7.74. The molecule has 0 bridgehead atoms. The molecule has 0 unspecified atom stereocenters. The van der Waals surface area contributed by atoms with Crippen LogP contribution in [0.15, 0.2) is 41.3 Å². The van der Waals surface area contributed by atoms with Gasteiger partial charge in [0.25, 0.3) is 0 Å². The van der Waals surface area contributed by atoms with Gasteiger partial charge in [0.1, 0.15) is 4.60 Å². The Morgan fingerprint density at radius 2 is 1.14 bits per heavy atom. The highest BCUT2D eigenvalue weighted by Crippen LogP contribution is 2.46. The lowest BCUT2D eigenvalue weighted by atomic mass is 9.70. The van der Waals surface area contributed by atoms with Gasteiger partial charge in [-0.05, 0) is 77.7 Å². The third-order valence-electron chi connectivity index (χ3n) is 7.71. The average Bonchev–Trinajstić information content (AvgIpc) is 3.72. The van der Waals surface area contributed by atoms with Crippen LogP contribution in [0.4, 0.5) is 17.6 Å². The smallest absolute Gasteiger partial charge is 0.248 e. The number of halogens is 5. The lowest BCUT2D eigenvalue weighted by Crippen LogP contribution is -2.35. The van der Waals surface area contributed by atoms with Crippen molar-refractivity contribution in [1.29, 1.82) is 10.5 Å². The quantitative estimate of drug-likeness (QED) is 0.283. The zero-order chi connectivity index (χ0) is 26.0. The molecule has 190 valence electrons. The number of nitriles is 2. The SMILES string of the molecule is N#CC1(c2ccc(Br)nc2)CCC(F)(F)CC1.N#CC1(c2ccc(C3CC3)nc2)CCC(F)(F)CC1. The maximum atomic E-state index is 13.3. The fourth-order valence-electron chi connectivity index (χ4n) is 4.98. The van der Waals surface area contributed by atoms with Crippen LogP contribution < -0.4 is 0 Å². The second kappa shape index (κ2) is 10.1. The van der Waals surface area contributed by atoms with Crippen molar-refractivity contribution >= 4 is 15.9 Å². The molecule has 2 aromatic heterocycles. The first-order chi connectivity index (χ1) is 17.0. The first-order valence-electron chi connectivity index (χ1n) is 12.2. The Balaban J connectivity index is 0.000000170. The molecular formula is C27H27BrF4N4. The van der Waals surface area contributed by atoms with Crippen molar-refractivity contribution in [3.8, 4) is 12.1 Å². The van der Waals surface area contributed by atoms with E-state index in [1.165, 1.54) is 12.8 Å². The summed E-state index contributed by atoms with van der Waals surface area (Å²) in [4.78, 5) is 8.47. The number of hydrogen-bond donors (Lipinski definition) is 0. The topological polar surface area (TPSA) is 73.4 Å². The van der Waals surface area contributed by atoms with Gasteiger partial charge in [0.15, 0.2) is 0 Å². The molecular weight excluding hydrogens is 536 g/mol. The van der Waals surface area contributed by atoms with E-state index in [0.717, 1.165) is 16.8 Å². The Kier molecular flexibility index (Phi) is 7.44. The Morgan fingerprint density at radius 1 is 0.694 bits per heavy atom. The van der Waals surface area contributed by atoms with E-state index in [-0.39, 0.29) is 51.4 Å². The van der Waals surface area contributed by atoms with E-state index >= 15 is 0 Å². The summed E-state index contributed by atoms with van der Waals surface area (Å²) in [6.07, 6.45) is 5.66. The van der Waals surface area contributed by atoms with Crippen molar-refractivity contribution in [3.63, 3.8) is 0 Å². The van der Waals surface area contributed by atoms with E-state index in [2.05, 4.69) is 38.0 Å². The van der Waals surface area contributed by atoms with Crippen LogP contribution in [0.1, 0.15) is 86.9 Å². The van der Waals surface area contributed by atoms with Gasteiger partial charge >= 0.3 is 0 Å². The van der Waals surface area contributed by atoms with E-state index in [4.69, 9.17) is 0 Å². The summed E-state index contributed by atoms with van der Waals surface area (Å²) < 4.78 is 53.4. The van der Waals surface area contributed by atoms with Crippen LogP contribution in [0, 0.1) is 22.7 Å². The number of nitrogens with zero attached hydrogens (tertiary/aromatic N) is 4. The second-order valence-corrected chi connectivity index (χ2v) is 11.0. The lowest BCUT2D eigenvalue weighted by Gasteiger charge is -2.34. The zero-order valence-corrected chi connectivity index (χ0v) is 21.4. The third-order valence-corrected chi connectivity index (χ3v) is 8.18. The standard InChI is InChI=1S/C15H16F2N2.C12H11BrF2N2/c16-15(17)7-5-14(10-18,6-8-15)12-3-4-13(19-9-12)11-1-2-11;13-10-2-1-9(7-17-10)11(8-16)3-5-12(14,15)6-4-11/h3-4,9,11H,1-2,5-8H2;1-2,7H,3-6H2. The highest BCUT2D eigenvalue weighted by molar-refractivity contribution is 9.10. The van der Waals surface area contributed by atoms with Gasteiger partial charge in [-0.3, -0.25) is 4.98 Å². The van der Waals surface area contributed by atoms with E-state index in [1.807, 2.05) is 12.1 Å². The molecule has 0 atom stereocenters. The molecule has 4 nitrogen and oxygen atoms in total. The van der Waals surface area contributed by atoms with Gasteiger partial charge < -0.3 is 0 Å². The summed E-state index contributed by atoms with van der Waals surface area (Å²) in [6, 6.07) is 11.9. The predicted molar refractivity (Wildman–Crippen MR) is 130 cm³/mol. The number of pyridine rings is 2. The molecule has 3 fully saturated rings. The molecule has 0 aromatic carbocycles. The van der Waals surface area contributed by atoms with Gasteiger partial charge in [-0.2, -0.15) is 10.5 Å². The van der Waals surface area contributed by atoms with Gasteiger partial charge in [0, 0.05) is 49.7 Å². The molecule has 0 N–H and O–H groups in total. The van der Waals surface area contributed by atoms with E-state index in [0.29, 0.717) is 10.5 Å². The van der Waals surface area contributed by atoms with Crippen LogP contribution in [0.25, 0.3) is 0 Å². The van der Waals surface area contributed by atoms with Crippen molar-refractivity contribution in [1.82, 2.24) is 9.97 Å². The van der Waals surface area contributed by atoms with Gasteiger partial charge in [0.05, 0.1) is 23.0 Å². The Labute approximate surface area is 216 Å². The molecule has 3 aliphatic rings. The van der Waals surface area contributed by atoms with E-state index < -0.39 is 22.7 Å². The number of hydrogen-bond acceptors (Lipinski definition) is 4. The summed E-state index contributed by atoms with van der Waals surface area (Å²) in [5.74, 6) is -4.66. The van der Waals surface area contributed by atoms with Crippen LogP contribution in [0.3, 0.4) is 0 Å². The van der Waals surface area contributed by atoms with Gasteiger partial charge in [-0.15, -0.1) is 0 Å². The first kappa shape index (κ1) is 26.5. The lowest BCUT2D eigenvalue weighted by molar-refractivity contribution is -0.0459. The van der Waals surface area contributed by atoms with Crippen LogP contribution in [-0.4, -0.2) is 21.8 Å². The molecule has 5 rings (SSSR count). The largest absolute Gasteiger partial charge is 0.261 e. The minimum atomic E-state index is -2.62. The second-order valence-electron chi connectivity index (χ2n) is 10.2. The van der Waals surface area contributed by atoms with Crippen LogP contribution >= 0.6 is 15.9 Å². The highest BCUT2D eigenvalue weighted by Gasteiger charge is 2.46. The fraction of sp³-hybridized carbons (Fsp3) is 0.556. The van der Waals surface area contributed by atoms with Gasteiger partial charge in [0.2, 0.25) is 11.8 Å². The van der Waals surface area contributed by atoms with Crippen molar-refractivity contribution in [3.05, 3.63) is 58.1 Å². The summed E-state index contributed by atoms with van der Waals surface area (Å²) >= 11 is 3.21. The highest BCUT2D eigenvalue weighted by atomic mass is 79.9. The molecule has 9 heteroatoms. The van der Waals surface area contributed by atoms with Crippen LogP contribution in [-0.2, 0) is 10.8 Å². The molecule has 36 heavy (non-hydrogen) atoms. The van der Waals surface area contributed by atoms with Crippen molar-refractivity contribution < 1.29 is 17.6 Å². The molecule has 0 saturated heterocycles. The minimum absolute atomic E-state index is 0.194. The molecule has 0 spiro atoms. The Morgan fingerprint density at radius 3 is 1.47 bits per heavy atom. The van der Waals surface area contributed by atoms with Crippen molar-refractivity contribution in [2.75, 3.05) is 0 Å². The number of aromatic nitrogens is 2. The van der Waals surface area contributed by atoms with Crippen molar-refractivity contribution in [2.45, 2.75) is 92.8 Å². The molecule has 0 radical (unpaired) electrons. The number of rotatable bonds is 3. The summed E-state index contributed by atoms with van der Waals surface area (Å²) in [5.41, 5.74) is 1.04. The molecule has 2 aromatic rings. The summed E-state index contributed by atoms with van der Waals surface area (Å²) in [7, 11) is 0. The average molecular weight is 563 g/mol. The molecule has 3 aliphatic carbocycles. The Bertz CT molecular complexity index is 1130. The van der Waals surface area contributed by atoms with Crippen molar-refractivity contribution in [2.24, 2.45) is 0 Å². The number of alkyl halides is 4. The fourth-order valence-corrected chi connectivity index (χ4v) is 5.22. The first-order valence-corrected chi connectivity index (χ1v) is 13.0. The zero-order valence-electron chi connectivity index (χ0n) is 19.8. The normalized spacial score (nSPS) is 23.3. The van der Waals surface area contributed by atoms with E-state index in [9.17, 15) is 28.1 Å². The van der Waals surface area contributed by atoms with Crippen LogP contribution in [0.5, 0.6) is 0 Å². The Hall–Kier alpha value is -2.52. The minimum Gasteiger partial charge on any atom is -0.261 e. The molecule has 0 aliphatic heterocycles. The maximum Gasteiger partial charge on any atom is 0.248 e. The summed E-state index contributed by atoms with van der Waals surface area (Å²) in [5, 5.41) is 18.7. The van der Waals surface area contributed by atoms with Gasteiger partial charge in [-0.25, -0.2) is 22.5 Å². The monoisotopic (exact) mass is 562 g/mol. The molecule has 3 saturated carbocycles. The third kappa shape index (κ3) is 5.89. The summed E-state index contributed by atoms with van der Waals surface area (Å²) in [6.45, 7) is 0. The molecule has 0 amide bonds. The van der Waals surface area contributed by atoms with E-state index in [1.54, 1.807) is 24.5 Å². The van der Waals surface area contributed by atoms with Crippen LogP contribution in [0.2, 0.25) is 0 Å². The van der Waals surface area contributed by atoms with Gasteiger partial charge in [-0.1, -0.05) is 12.1 Å². The molecule has 2 heterocycles. The maximum absolute atomic E-state index is 13.3.